The van der Waals surface area contributed by atoms with Crippen LogP contribution in [0.25, 0.3) is 0 Å². The van der Waals surface area contributed by atoms with Gasteiger partial charge in [-0.15, -0.1) is 0 Å². The number of hydrogen-bond donors (Lipinski definition) is 1. The van der Waals surface area contributed by atoms with Crippen molar-refractivity contribution in [3.05, 3.63) is 0 Å². The number of aliphatic hydroxyl groups excluding tert-OH is 1. The third-order valence-corrected chi connectivity index (χ3v) is 0.761. The van der Waals surface area contributed by atoms with Gasteiger partial charge in [-0.2, -0.15) is 0 Å². The molecule has 0 aromatic rings. The van der Waals surface area contributed by atoms with Crippen LogP contribution >= 0.6 is 0 Å². The van der Waals surface area contributed by atoms with Crippen LogP contribution < -0.4 is 44.9 Å². The Kier molecular flexibility index (Phi) is 12.7. The fourth-order valence-corrected chi connectivity index (χ4v) is 0.252. The normalized spacial score (nSPS) is 13.2. The third-order valence-electron chi connectivity index (χ3n) is 0.761. The zero-order valence-electron chi connectivity index (χ0n) is 6.14. The van der Waals surface area contributed by atoms with Crippen molar-refractivity contribution in [2.75, 3.05) is 0 Å². The maximum atomic E-state index is 10.0. The molecule has 0 rings (SSSR count). The van der Waals surface area contributed by atoms with E-state index in [1.54, 1.807) is 0 Å². The molecule has 0 amide bonds. The molecule has 0 saturated carbocycles. The molecule has 12 heavy (non-hydrogen) atoms. The molecule has 0 aliphatic rings. The number of carboxylic acids is 2. The van der Waals surface area contributed by atoms with Crippen LogP contribution in [0, 0.1) is 0 Å². The summed E-state index contributed by atoms with van der Waals surface area (Å²) in [6.07, 6.45) is -5.24. The Morgan fingerprint density at radius 1 is 1.17 bits per heavy atom. The molecule has 1 N–H and O–H groups in total. The summed E-state index contributed by atoms with van der Waals surface area (Å²) in [5, 5.41) is 37.4. The van der Waals surface area contributed by atoms with Gasteiger partial charge < -0.3 is 30.0 Å². The van der Waals surface area contributed by atoms with E-state index in [1.165, 1.54) is 0 Å². The van der Waals surface area contributed by atoms with E-state index in [0.29, 0.717) is 0 Å². The zero-order chi connectivity index (χ0) is 8.31. The molecule has 0 aliphatic heterocycles. The van der Waals surface area contributed by atoms with Gasteiger partial charge in [0, 0.05) is 5.97 Å². The maximum absolute atomic E-state index is 10.0. The van der Waals surface area contributed by atoms with Crippen LogP contribution in [0.1, 0.15) is 0 Å². The largest absolute Gasteiger partial charge is 2.00 e. The van der Waals surface area contributed by atoms with Gasteiger partial charge in [0.2, 0.25) is 0 Å². The first-order chi connectivity index (χ1) is 4.46. The monoisotopic (exact) mass is 290 g/mol. The molecule has 0 aromatic carbocycles. The van der Waals surface area contributed by atoms with Gasteiger partial charge in [-0.1, -0.05) is 6.10 Å². The first-order valence-electron chi connectivity index (χ1n) is 2.22. The molecule has 0 saturated heterocycles. The smallest absolute Gasteiger partial charge is 0.846 e. The number of carboxylic acid groups (broad SMARTS) is 2. The summed E-state index contributed by atoms with van der Waals surface area (Å²) >= 11 is 0. The molecule has 0 aromatic heterocycles. The minimum atomic E-state index is -2.69. The molecule has 0 fully saturated rings. The third kappa shape index (κ3) is 6.21. The molecular weight excluding hydrogens is 286 g/mol. The molecule has 60 valence electrons. The van der Waals surface area contributed by atoms with Crippen LogP contribution in [0.2, 0.25) is 0 Å². The fourth-order valence-electron chi connectivity index (χ4n) is 0.252. The summed E-state index contributed by atoms with van der Waals surface area (Å²) < 4.78 is 0. The molecule has 2 radical (unpaired) electrons. The van der Waals surface area contributed by atoms with Gasteiger partial charge in [0.25, 0.3) is 0 Å². The Balaban J connectivity index is -0.000000405. The zero-order valence-corrected chi connectivity index (χ0v) is 11.0. The van der Waals surface area contributed by atoms with Crippen molar-refractivity contribution < 1.29 is 59.6 Å². The average Bonchev–Trinajstić information content (AvgIpc) is 1.84. The van der Waals surface area contributed by atoms with Gasteiger partial charge in [-0.05, 0) is 0 Å². The van der Waals surface area contributed by atoms with Gasteiger partial charge in [0.15, 0.2) is 0 Å². The second kappa shape index (κ2) is 8.27. The SMILES string of the molecule is O=C([O-])[C@H]([O-])[C@@H](O)C(=O)[O-].[Na+].[Sn+2]. The van der Waals surface area contributed by atoms with E-state index in [1.807, 2.05) is 0 Å². The summed E-state index contributed by atoms with van der Waals surface area (Å²) in [5.74, 6) is -4.29. The first-order valence-corrected chi connectivity index (χ1v) is 2.22. The van der Waals surface area contributed by atoms with Crippen molar-refractivity contribution in [1.29, 1.82) is 0 Å². The van der Waals surface area contributed by atoms with E-state index in [4.69, 9.17) is 5.11 Å². The quantitative estimate of drug-likeness (QED) is 0.514. The Morgan fingerprint density at radius 3 is 1.58 bits per heavy atom. The number of rotatable bonds is 3. The van der Waals surface area contributed by atoms with Gasteiger partial charge in [0.05, 0.1) is 12.1 Å². The molecule has 0 unspecified atom stereocenters. The van der Waals surface area contributed by atoms with E-state index in [0.717, 1.165) is 0 Å². The average molecular weight is 289 g/mol. The summed E-state index contributed by atoms with van der Waals surface area (Å²) in [7, 11) is 0. The van der Waals surface area contributed by atoms with E-state index in [9.17, 15) is 24.9 Å². The molecule has 0 aliphatic carbocycles. The van der Waals surface area contributed by atoms with E-state index in [-0.39, 0.29) is 53.5 Å². The number of aliphatic carboxylic acids is 2. The Morgan fingerprint density at radius 2 is 1.50 bits per heavy atom. The summed E-state index contributed by atoms with van der Waals surface area (Å²) in [5.41, 5.74) is 0. The number of hydrogen-bond acceptors (Lipinski definition) is 6. The Hall–Kier alpha value is 0.659. The second-order valence-corrected chi connectivity index (χ2v) is 1.50. The van der Waals surface area contributed by atoms with E-state index < -0.39 is 24.1 Å². The summed E-state index contributed by atoms with van der Waals surface area (Å²) in [6.45, 7) is 0. The van der Waals surface area contributed by atoms with Gasteiger partial charge in [-0.25, -0.2) is 0 Å². The van der Waals surface area contributed by atoms with E-state index >= 15 is 0 Å². The topological polar surface area (TPSA) is 124 Å². The summed E-state index contributed by atoms with van der Waals surface area (Å²) in [4.78, 5) is 19.2. The Bertz CT molecular complexity index is 144. The van der Waals surface area contributed by atoms with Gasteiger partial charge in [0.1, 0.15) is 0 Å². The molecule has 8 heteroatoms. The van der Waals surface area contributed by atoms with Crippen LogP contribution in [0.15, 0.2) is 0 Å². The molecule has 0 heterocycles. The molecule has 0 spiro atoms. The van der Waals surface area contributed by atoms with Crippen LogP contribution in [-0.4, -0.2) is 53.2 Å². The van der Waals surface area contributed by atoms with Crippen LogP contribution in [0.4, 0.5) is 0 Å². The maximum Gasteiger partial charge on any atom is 2.00 e. The van der Waals surface area contributed by atoms with Crippen LogP contribution in [-0.2, 0) is 9.59 Å². The summed E-state index contributed by atoms with van der Waals surface area (Å²) in [6, 6.07) is 0. The van der Waals surface area contributed by atoms with Crippen molar-refractivity contribution in [2.45, 2.75) is 12.2 Å². The number of carbonyl (C=O) groups excluding carboxylic acids is 2. The van der Waals surface area contributed by atoms with Crippen molar-refractivity contribution in [2.24, 2.45) is 0 Å². The molecule has 6 nitrogen and oxygen atoms in total. The molecule has 0 bridgehead atoms. The first kappa shape index (κ1) is 18.4. The minimum Gasteiger partial charge on any atom is -0.846 e. The van der Waals surface area contributed by atoms with Crippen molar-refractivity contribution in [3.8, 4) is 0 Å². The van der Waals surface area contributed by atoms with Gasteiger partial charge in [-0.3, -0.25) is 0 Å². The predicted octanol–water partition coefficient (Wildman–Crippen LogP) is -8.80. The number of carbonyl (C=O) groups is 2. The van der Waals surface area contributed by atoms with Crippen LogP contribution in [0.5, 0.6) is 0 Å². The number of aliphatic hydroxyl groups is 1. The fraction of sp³-hybridized carbons (Fsp3) is 0.500. The minimum absolute atomic E-state index is 0. The van der Waals surface area contributed by atoms with Crippen LogP contribution in [0.3, 0.4) is 0 Å². The van der Waals surface area contributed by atoms with Gasteiger partial charge >= 0.3 is 53.5 Å². The predicted molar refractivity (Wildman–Crippen MR) is 25.6 cm³/mol. The second-order valence-electron chi connectivity index (χ2n) is 1.50. The standard InChI is InChI=1S/C4H5O6.Na.Sn/c5-1(3(7)8)2(6)4(9)10;;/h1-2,5H,(H,7,8)(H,9,10);;/q-1;+1;+2/p-2/t1-,2-;;/m1../s1. The van der Waals surface area contributed by atoms with Crippen molar-refractivity contribution >= 4 is 35.8 Å². The van der Waals surface area contributed by atoms with E-state index in [2.05, 4.69) is 0 Å². The molecular formula is C4H3NaO6Sn. The molecule has 2 atom stereocenters. The Labute approximate surface area is 107 Å². The van der Waals surface area contributed by atoms with Crippen molar-refractivity contribution in [1.82, 2.24) is 0 Å². The van der Waals surface area contributed by atoms with Crippen molar-refractivity contribution in [3.63, 3.8) is 0 Å².